The fourth-order valence-electron chi connectivity index (χ4n) is 21.0. The number of anilines is 4. The lowest BCUT2D eigenvalue weighted by molar-refractivity contribution is -0.123. The number of carbonyl (C=O) groups excluding carboxylic acids is 5. The molecule has 8 fully saturated rings. The number of fused-ring (bicyclic) bond motifs is 4. The lowest BCUT2D eigenvalue weighted by Gasteiger charge is -2.48. The van der Waals surface area contributed by atoms with E-state index in [1.165, 1.54) is 36.8 Å². The first kappa shape index (κ1) is 96.1. The molecule has 6 aromatic heterocycles. The smallest absolute Gasteiger partial charge is 0.239 e. The first-order chi connectivity index (χ1) is 63.6. The van der Waals surface area contributed by atoms with Gasteiger partial charge in [0, 0.05) is 152 Å². The molecule has 8 aliphatic rings. The molecule has 132 heavy (non-hydrogen) atoms. The van der Waals surface area contributed by atoms with E-state index in [9.17, 15) is 44.4 Å². The van der Waals surface area contributed by atoms with E-state index in [4.69, 9.17) is 0 Å². The van der Waals surface area contributed by atoms with Gasteiger partial charge in [-0.3, -0.25) is 72.3 Å². The third-order valence-electron chi connectivity index (χ3n) is 29.1. The molecule has 0 atom stereocenters. The van der Waals surface area contributed by atoms with Crippen molar-refractivity contribution in [2.75, 3.05) is 113 Å². The molecule has 0 radical (unpaired) electrons. The molecule has 0 spiro atoms. The quantitative estimate of drug-likeness (QED) is 0.0199. The molecule has 4 aromatic carbocycles. The van der Waals surface area contributed by atoms with E-state index < -0.39 is 11.2 Å². The van der Waals surface area contributed by atoms with E-state index in [1.807, 2.05) is 97.7 Å². The lowest BCUT2D eigenvalue weighted by atomic mass is 9.77. The molecule has 31 heteroatoms. The number of ketones is 1. The summed E-state index contributed by atoms with van der Waals surface area (Å²) in [6.45, 7) is 33.1. The van der Waals surface area contributed by atoms with Crippen molar-refractivity contribution < 1.29 is 44.4 Å². The number of aromatic nitrogens is 10. The van der Waals surface area contributed by atoms with Gasteiger partial charge < -0.3 is 63.0 Å². The van der Waals surface area contributed by atoms with E-state index in [1.54, 1.807) is 28.7 Å². The minimum absolute atomic E-state index is 0.00616. The van der Waals surface area contributed by atoms with Gasteiger partial charge in [-0.1, -0.05) is 72.5 Å². The second-order valence-corrected chi connectivity index (χ2v) is 39.1. The van der Waals surface area contributed by atoms with E-state index in [0.717, 1.165) is 249 Å². The number of carbonyl (C=O) groups is 5. The largest absolute Gasteiger partial charge is 0.394 e. The number of benzene rings is 4. The average molecular weight is 1810 g/mol. The Kier molecular flexibility index (Phi) is 31.5. The maximum Gasteiger partial charge on any atom is 0.239 e. The van der Waals surface area contributed by atoms with Crippen LogP contribution in [0.5, 0.6) is 0 Å². The van der Waals surface area contributed by atoms with Gasteiger partial charge in [-0.25, -0.2) is 0 Å². The number of hydrogen-bond acceptors (Lipinski definition) is 23. The van der Waals surface area contributed by atoms with Crippen LogP contribution in [0.2, 0.25) is 0 Å². The summed E-state index contributed by atoms with van der Waals surface area (Å²) < 4.78 is 7.46. The molecule has 710 valence electrons. The molecule has 4 saturated carbocycles. The van der Waals surface area contributed by atoms with Crippen LogP contribution in [0, 0.1) is 59.3 Å². The maximum atomic E-state index is 12.6. The van der Waals surface area contributed by atoms with Gasteiger partial charge in [0.1, 0.15) is 5.78 Å². The number of aliphatic hydroxyl groups excluding tert-OH is 2. The van der Waals surface area contributed by atoms with Crippen molar-refractivity contribution in [2.45, 2.75) is 265 Å². The minimum atomic E-state index is -0.784. The molecule has 12 N–H and O–H groups in total. The maximum absolute atomic E-state index is 12.6. The van der Waals surface area contributed by atoms with Crippen molar-refractivity contribution in [1.82, 2.24) is 90.0 Å². The predicted octanol–water partition coefficient (Wildman–Crippen LogP) is 10.7. The van der Waals surface area contributed by atoms with Gasteiger partial charge in [0.25, 0.3) is 0 Å². The summed E-state index contributed by atoms with van der Waals surface area (Å²) in [7, 11) is 0. The number of likely N-dealkylation sites (tertiary alicyclic amines) is 4. The number of pyridine rings is 2. The second-order valence-electron chi connectivity index (χ2n) is 39.1. The third kappa shape index (κ3) is 23.4. The van der Waals surface area contributed by atoms with Crippen LogP contribution in [0.1, 0.15) is 182 Å². The Bertz CT molecular complexity index is 5380. The Labute approximate surface area is 776 Å². The van der Waals surface area contributed by atoms with Gasteiger partial charge in [0.05, 0.1) is 110 Å². The Balaban J connectivity index is 0.000000135. The molecule has 4 aliphatic carbocycles. The summed E-state index contributed by atoms with van der Waals surface area (Å²) in [4.78, 5) is 80.2. The summed E-state index contributed by atoms with van der Waals surface area (Å²) in [5, 5.41) is 88.7. The zero-order chi connectivity index (χ0) is 93.1. The fraction of sp³-hybridized carbons (Fsp3) is 0.574. The van der Waals surface area contributed by atoms with Gasteiger partial charge in [-0.15, -0.1) is 0 Å². The minimum Gasteiger partial charge on any atom is -0.394 e. The van der Waals surface area contributed by atoms with Crippen molar-refractivity contribution in [3.05, 3.63) is 154 Å². The van der Waals surface area contributed by atoms with E-state index in [-0.39, 0.29) is 93.1 Å². The highest BCUT2D eigenvalue weighted by atomic mass is 16.3. The lowest BCUT2D eigenvalue weighted by Crippen LogP contribution is -2.63. The Morgan fingerprint density at radius 3 is 0.932 bits per heavy atom. The normalized spacial score (nSPS) is 22.9. The molecule has 31 nitrogen and oxygen atoms in total. The molecule has 4 aliphatic heterocycles. The van der Waals surface area contributed by atoms with Crippen LogP contribution in [0.25, 0.3) is 43.6 Å². The Hall–Kier alpha value is -10.5. The van der Waals surface area contributed by atoms with Gasteiger partial charge in [-0.2, -0.15) is 20.4 Å². The van der Waals surface area contributed by atoms with Crippen LogP contribution in [0.3, 0.4) is 0 Å². The van der Waals surface area contributed by atoms with Crippen LogP contribution >= 0.6 is 0 Å². The Morgan fingerprint density at radius 2 is 0.667 bits per heavy atom. The highest BCUT2D eigenvalue weighted by molar-refractivity contribution is 5.96. The first-order valence-electron chi connectivity index (χ1n) is 48.6. The number of nitrogens with one attached hydrogen (secondary N) is 8. The zero-order valence-electron chi connectivity index (χ0n) is 79.4. The molecule has 0 unspecified atom stereocenters. The van der Waals surface area contributed by atoms with Crippen molar-refractivity contribution in [3.63, 3.8) is 0 Å². The van der Waals surface area contributed by atoms with Crippen LogP contribution in [0.4, 0.5) is 23.3 Å². The third-order valence-corrected chi connectivity index (χ3v) is 29.1. The number of aliphatic hydroxyl groups is 4. The number of Topliss-reactive ketones (excluding diaryl/α,β-unsaturated/α-hetero) is 1. The van der Waals surface area contributed by atoms with Crippen molar-refractivity contribution in [2.24, 2.45) is 17.8 Å². The topological polar surface area (TPSA) is 373 Å². The van der Waals surface area contributed by atoms with Crippen LogP contribution in [0.15, 0.2) is 109 Å². The number of amides is 4. The molecule has 4 amide bonds. The van der Waals surface area contributed by atoms with E-state index in [2.05, 4.69) is 170 Å². The summed E-state index contributed by atoms with van der Waals surface area (Å²) in [6, 6.07) is 35.6. The standard InChI is InChI=1S/2C27H36N6O3.C24H37N5O.C23H33N5O2/c2*1-18-3-6-24-23(13-18)26(31-33(24)11-12-34)29-15-25(35)30-21-16-32(17-21)22-7-9-27(36,10-8-22)20-5-4-19(2)28-14-20;1-5-29-22-11-6-17(4)12-21(22)24(27-29)25-13-23(30)26-19-14-28(15-19)20-9-7-18(8-10-20)16(2)3;1-4-28-21-10-5-15(2)11-20(21)23(26-28)24-12-22(30)25-18-13-27(14-18)19-8-6-17(7-9-19)16(3)29/h2*3-6,13-14,21-22,34,36H,7-12,15-17H2,1-2H3,(H,29,31)(H,30,35);6,11-12,16,18-20H,5,7-10,13-15H2,1-4H3,(H,25,27)(H,26,30);5,10-11,17-19H,4,6-9,12-14H2,1-3H3,(H,24,26)(H,25,30). The second kappa shape index (κ2) is 43.2. The number of hydrogen-bond donors (Lipinski definition) is 12. The highest BCUT2D eigenvalue weighted by Gasteiger charge is 2.44. The van der Waals surface area contributed by atoms with E-state index >= 15 is 0 Å². The monoisotopic (exact) mass is 1810 g/mol. The summed E-state index contributed by atoms with van der Waals surface area (Å²) in [5.41, 5.74) is 10.8. The molecule has 10 heterocycles. The van der Waals surface area contributed by atoms with Gasteiger partial charge in [-0.05, 0) is 238 Å². The summed E-state index contributed by atoms with van der Waals surface area (Å²) in [6.07, 6.45) is 19.9. The van der Waals surface area contributed by atoms with Crippen LogP contribution in [-0.4, -0.2) is 259 Å². The molecule has 4 saturated heterocycles. The van der Waals surface area contributed by atoms with Gasteiger partial charge in [0.2, 0.25) is 23.6 Å². The number of nitrogens with zero attached hydrogens (tertiary/aromatic N) is 14. The first-order valence-corrected chi connectivity index (χ1v) is 48.6. The molecule has 0 bridgehead atoms. The molecular weight excluding hydrogens is 1670 g/mol. The van der Waals surface area contributed by atoms with Crippen LogP contribution < -0.4 is 42.5 Å². The molecule has 18 rings (SSSR count). The molecule has 10 aromatic rings. The summed E-state index contributed by atoms with van der Waals surface area (Å²) in [5.74, 6) is 5.14. The highest BCUT2D eigenvalue weighted by Crippen LogP contribution is 2.43. The summed E-state index contributed by atoms with van der Waals surface area (Å²) >= 11 is 0. The number of aryl methyl sites for hydroxylation is 8. The number of rotatable bonds is 30. The SMILES string of the molecule is CCn1nc(NCC(=O)NC2CN(C3CCC(C(C)=O)CC3)C2)c2cc(C)ccc21.CCn1nc(NCC(=O)NC2CN(C3CCC(C(C)C)CC3)C2)c2cc(C)ccc21.Cc1ccc2c(c1)c(NCC(=O)NC1CN(C3CCC(O)(c4ccc(C)nc4)CC3)C1)nn2CCO.Cc1ccc2c(c1)c(NCC(=O)NC1CN(C3CCC(O)(c4ccc(C)nc4)CC3)C1)nn2CCO. The van der Waals surface area contributed by atoms with Gasteiger partial charge in [0.15, 0.2) is 23.3 Å². The van der Waals surface area contributed by atoms with Crippen molar-refractivity contribution in [3.8, 4) is 0 Å². The van der Waals surface area contributed by atoms with Crippen molar-refractivity contribution in [1.29, 1.82) is 0 Å². The zero-order valence-corrected chi connectivity index (χ0v) is 79.4. The van der Waals surface area contributed by atoms with Gasteiger partial charge >= 0.3 is 0 Å². The Morgan fingerprint density at radius 1 is 0.386 bits per heavy atom. The fourth-order valence-corrected chi connectivity index (χ4v) is 21.0. The van der Waals surface area contributed by atoms with E-state index in [0.29, 0.717) is 48.6 Å². The van der Waals surface area contributed by atoms with Crippen LogP contribution in [-0.2, 0) is 61.4 Å². The average Bonchev–Trinajstić information content (AvgIpc) is 0.883. The predicted molar refractivity (Wildman–Crippen MR) is 519 cm³/mol. The molecular formula is C101H142N22O9. The van der Waals surface area contributed by atoms with Crippen molar-refractivity contribution >= 4 is 96.3 Å².